The number of imidazole rings is 1. The van der Waals surface area contributed by atoms with Crippen molar-refractivity contribution in [1.82, 2.24) is 9.55 Å². The maximum atomic E-state index is 12.4. The molecule has 0 bridgehead atoms. The number of sulfonamides is 1. The number of aromatic nitrogens is 2. The highest BCUT2D eigenvalue weighted by atomic mass is 32.2. The van der Waals surface area contributed by atoms with Crippen LogP contribution in [0.1, 0.15) is 5.56 Å². The van der Waals surface area contributed by atoms with E-state index in [4.69, 9.17) is 0 Å². The van der Waals surface area contributed by atoms with Crippen LogP contribution >= 0.6 is 11.8 Å². The van der Waals surface area contributed by atoms with Crippen LogP contribution in [0, 0.1) is 0 Å². The van der Waals surface area contributed by atoms with E-state index in [0.29, 0.717) is 12.1 Å². The minimum absolute atomic E-state index is 0.0522. The number of nitrogens with zero attached hydrogens (tertiary/aromatic N) is 2. The summed E-state index contributed by atoms with van der Waals surface area (Å²) in [7, 11) is -3.41. The minimum atomic E-state index is -3.41. The predicted octanol–water partition coefficient (Wildman–Crippen LogP) is 3.64. The second kappa shape index (κ2) is 7.17. The third-order valence-electron chi connectivity index (χ3n) is 4.24. The third kappa shape index (κ3) is 3.94. The van der Waals surface area contributed by atoms with Crippen LogP contribution in [-0.4, -0.2) is 29.5 Å². The molecule has 26 heavy (non-hydrogen) atoms. The van der Waals surface area contributed by atoms with Crippen molar-refractivity contribution in [1.29, 1.82) is 0 Å². The van der Waals surface area contributed by atoms with Gasteiger partial charge in [0.1, 0.15) is 0 Å². The highest BCUT2D eigenvalue weighted by Gasteiger charge is 2.16. The summed E-state index contributed by atoms with van der Waals surface area (Å²) in [6.07, 6.45) is 2.51. The van der Waals surface area contributed by atoms with E-state index in [-0.39, 0.29) is 5.75 Å². The average Bonchev–Trinajstić information content (AvgIpc) is 3.23. The van der Waals surface area contributed by atoms with Gasteiger partial charge >= 0.3 is 0 Å². The lowest BCUT2D eigenvalue weighted by Crippen LogP contribution is -2.18. The Bertz CT molecular complexity index is 993. The van der Waals surface area contributed by atoms with Gasteiger partial charge in [-0.3, -0.25) is 4.72 Å². The average molecular weight is 386 g/mol. The van der Waals surface area contributed by atoms with Gasteiger partial charge in [0.2, 0.25) is 10.0 Å². The number of hydrogen-bond donors (Lipinski definition) is 1. The Labute approximate surface area is 157 Å². The number of nitrogens with one attached hydrogen (secondary N) is 1. The number of thioether (sulfide) groups is 1. The number of hydrogen-bond acceptors (Lipinski definition) is 4. The summed E-state index contributed by atoms with van der Waals surface area (Å²) in [6.45, 7) is 0.971. The van der Waals surface area contributed by atoms with Gasteiger partial charge in [-0.25, -0.2) is 13.4 Å². The summed E-state index contributed by atoms with van der Waals surface area (Å²) in [4.78, 5) is 4.62. The number of aryl methyl sites for hydroxylation is 2. The van der Waals surface area contributed by atoms with Gasteiger partial charge in [-0.1, -0.05) is 54.2 Å². The van der Waals surface area contributed by atoms with E-state index in [1.165, 1.54) is 0 Å². The van der Waals surface area contributed by atoms with Crippen LogP contribution in [0.15, 0.2) is 66.0 Å². The molecule has 7 heteroatoms. The first-order valence-electron chi connectivity index (χ1n) is 8.44. The number of anilines is 1. The molecule has 5 nitrogen and oxygen atoms in total. The van der Waals surface area contributed by atoms with Gasteiger partial charge in [0.25, 0.3) is 0 Å². The zero-order valence-corrected chi connectivity index (χ0v) is 15.8. The lowest BCUT2D eigenvalue weighted by molar-refractivity contribution is 0.600. The zero-order valence-electron chi connectivity index (χ0n) is 14.1. The summed E-state index contributed by atoms with van der Waals surface area (Å²) in [5, 5.41) is 1.02. The maximum Gasteiger partial charge on any atom is 0.233 e. The molecule has 1 aromatic heterocycles. The van der Waals surface area contributed by atoms with Crippen molar-refractivity contribution in [3.8, 4) is 11.3 Å². The molecule has 0 unspecified atom stereocenters. The van der Waals surface area contributed by atoms with Crippen LogP contribution in [0.4, 0.5) is 5.69 Å². The fourth-order valence-corrected chi connectivity index (χ4v) is 4.95. The molecule has 4 rings (SSSR count). The van der Waals surface area contributed by atoms with Crippen LogP contribution in [-0.2, 0) is 23.0 Å². The first kappa shape index (κ1) is 17.2. The molecule has 0 amide bonds. The molecule has 134 valence electrons. The van der Waals surface area contributed by atoms with E-state index < -0.39 is 10.0 Å². The van der Waals surface area contributed by atoms with Gasteiger partial charge in [-0.05, 0) is 24.1 Å². The Kier molecular flexibility index (Phi) is 4.74. The second-order valence-electron chi connectivity index (χ2n) is 6.19. The fraction of sp³-hybridized carbons (Fsp3) is 0.211. The van der Waals surface area contributed by atoms with E-state index in [1.807, 2.05) is 54.7 Å². The lowest BCUT2D eigenvalue weighted by atomic mass is 10.1. The molecule has 2 heterocycles. The predicted molar refractivity (Wildman–Crippen MR) is 106 cm³/mol. The number of rotatable bonds is 6. The van der Waals surface area contributed by atoms with Crippen molar-refractivity contribution in [2.24, 2.45) is 0 Å². The van der Waals surface area contributed by atoms with E-state index in [2.05, 4.69) is 14.3 Å². The van der Waals surface area contributed by atoms with E-state index >= 15 is 0 Å². The van der Waals surface area contributed by atoms with Crippen molar-refractivity contribution in [3.63, 3.8) is 0 Å². The number of fused-ring (bicyclic) bond motifs is 1. The molecule has 3 aromatic rings. The van der Waals surface area contributed by atoms with E-state index in [9.17, 15) is 8.42 Å². The minimum Gasteiger partial charge on any atom is -0.325 e. The van der Waals surface area contributed by atoms with Crippen LogP contribution in [0.25, 0.3) is 11.3 Å². The van der Waals surface area contributed by atoms with Crippen molar-refractivity contribution < 1.29 is 8.42 Å². The van der Waals surface area contributed by atoms with Gasteiger partial charge in [-0.2, -0.15) is 0 Å². The highest BCUT2D eigenvalue weighted by molar-refractivity contribution is 7.99. The topological polar surface area (TPSA) is 64.0 Å². The normalized spacial score (nSPS) is 13.5. The SMILES string of the molecule is O=S(=O)(CCc1ccccc1)Nc1cccc(-c2cn3c(n2)SCC3)c1. The first-order chi connectivity index (χ1) is 12.6. The summed E-state index contributed by atoms with van der Waals surface area (Å²) in [6, 6.07) is 17.0. The zero-order chi connectivity index (χ0) is 18.0. The first-order valence-corrected chi connectivity index (χ1v) is 11.1. The Morgan fingerprint density at radius 1 is 1.12 bits per heavy atom. The molecule has 2 aromatic carbocycles. The molecule has 0 radical (unpaired) electrons. The summed E-state index contributed by atoms with van der Waals surface area (Å²) < 4.78 is 29.6. The Hall–Kier alpha value is -2.25. The largest absolute Gasteiger partial charge is 0.325 e. The molecule has 1 N–H and O–H groups in total. The van der Waals surface area contributed by atoms with Gasteiger partial charge in [0.05, 0.1) is 11.4 Å². The molecular weight excluding hydrogens is 366 g/mol. The van der Waals surface area contributed by atoms with Crippen LogP contribution < -0.4 is 4.72 Å². The van der Waals surface area contributed by atoms with Crippen LogP contribution in [0.5, 0.6) is 0 Å². The Balaban J connectivity index is 1.47. The van der Waals surface area contributed by atoms with Gasteiger partial charge < -0.3 is 4.57 Å². The van der Waals surface area contributed by atoms with Crippen LogP contribution in [0.2, 0.25) is 0 Å². The summed E-state index contributed by atoms with van der Waals surface area (Å²) >= 11 is 1.74. The molecule has 1 aliphatic heterocycles. The number of benzene rings is 2. The third-order valence-corrected chi connectivity index (χ3v) is 6.50. The molecule has 0 saturated heterocycles. The molecular formula is C19H19N3O2S2. The lowest BCUT2D eigenvalue weighted by Gasteiger charge is -2.09. The smallest absolute Gasteiger partial charge is 0.233 e. The van der Waals surface area contributed by atoms with Crippen molar-refractivity contribution in [2.75, 3.05) is 16.2 Å². The van der Waals surface area contributed by atoms with Crippen molar-refractivity contribution >= 4 is 27.5 Å². The standard InChI is InChI=1S/C19H19N3O2S2/c23-26(24,12-9-15-5-2-1-3-6-15)21-17-8-4-7-16(13-17)18-14-22-10-11-25-19(22)20-18/h1-8,13-14,21H,9-12H2. The molecule has 0 spiro atoms. The van der Waals surface area contributed by atoms with E-state index in [0.717, 1.165) is 34.3 Å². The van der Waals surface area contributed by atoms with Gasteiger partial charge in [-0.15, -0.1) is 0 Å². The summed E-state index contributed by atoms with van der Waals surface area (Å²) in [5.41, 5.74) is 3.36. The Morgan fingerprint density at radius 3 is 2.77 bits per heavy atom. The van der Waals surface area contributed by atoms with Gasteiger partial charge in [0, 0.05) is 29.7 Å². The van der Waals surface area contributed by atoms with Crippen molar-refractivity contribution in [3.05, 3.63) is 66.4 Å². The maximum absolute atomic E-state index is 12.4. The highest BCUT2D eigenvalue weighted by Crippen LogP contribution is 2.30. The fourth-order valence-electron chi connectivity index (χ4n) is 2.92. The molecule has 0 atom stereocenters. The monoisotopic (exact) mass is 385 g/mol. The Morgan fingerprint density at radius 2 is 1.96 bits per heavy atom. The molecule has 1 aliphatic rings. The molecule has 0 fully saturated rings. The molecule has 0 saturated carbocycles. The van der Waals surface area contributed by atoms with E-state index in [1.54, 1.807) is 17.8 Å². The van der Waals surface area contributed by atoms with Gasteiger partial charge in [0.15, 0.2) is 5.16 Å². The quantitative estimate of drug-likeness (QED) is 0.704. The second-order valence-corrected chi connectivity index (χ2v) is 9.09. The summed E-state index contributed by atoms with van der Waals surface area (Å²) in [5.74, 6) is 1.11. The molecule has 0 aliphatic carbocycles. The van der Waals surface area contributed by atoms with Crippen LogP contribution in [0.3, 0.4) is 0 Å². The van der Waals surface area contributed by atoms with Crippen molar-refractivity contribution in [2.45, 2.75) is 18.1 Å².